The normalized spacial score (nSPS) is 27.1. The molecule has 21 heavy (non-hydrogen) atoms. The SMILES string of the molecule is Nc1cccc2cc(C(=O)N[C@@H]3C[C@H]4CC[C@@H]3N4)ccc12. The summed E-state index contributed by atoms with van der Waals surface area (Å²) in [5, 5.41) is 8.72. The number of nitrogens with two attached hydrogens (primary N) is 1. The minimum absolute atomic E-state index is 0.0127. The standard InChI is InChI=1S/C17H19N3O/c18-14-3-1-2-10-8-11(4-6-13(10)14)17(21)20-16-9-12-5-7-15(16)19-12/h1-4,6,8,12,15-16,19H,5,7,9,18H2,(H,20,21)/t12-,15+,16-/m1/s1. The maximum absolute atomic E-state index is 12.4. The molecule has 2 aliphatic rings. The van der Waals surface area contributed by atoms with Crippen LogP contribution in [0.2, 0.25) is 0 Å². The Kier molecular flexibility index (Phi) is 2.86. The lowest BCUT2D eigenvalue weighted by molar-refractivity contribution is 0.0931. The smallest absolute Gasteiger partial charge is 0.251 e. The summed E-state index contributed by atoms with van der Waals surface area (Å²) in [5.41, 5.74) is 7.40. The summed E-state index contributed by atoms with van der Waals surface area (Å²) in [6, 6.07) is 12.8. The average Bonchev–Trinajstić information content (AvgIpc) is 3.09. The number of hydrogen-bond donors (Lipinski definition) is 3. The predicted molar refractivity (Wildman–Crippen MR) is 84.2 cm³/mol. The van der Waals surface area contributed by atoms with Crippen LogP contribution < -0.4 is 16.4 Å². The number of carbonyl (C=O) groups is 1. The maximum atomic E-state index is 12.4. The van der Waals surface area contributed by atoms with E-state index in [9.17, 15) is 4.79 Å². The van der Waals surface area contributed by atoms with Gasteiger partial charge < -0.3 is 16.4 Å². The van der Waals surface area contributed by atoms with Crippen molar-refractivity contribution in [2.75, 3.05) is 5.73 Å². The first-order valence-electron chi connectivity index (χ1n) is 7.56. The molecule has 3 atom stereocenters. The molecule has 2 heterocycles. The van der Waals surface area contributed by atoms with Gasteiger partial charge in [-0.1, -0.05) is 18.2 Å². The Morgan fingerprint density at radius 2 is 2.14 bits per heavy atom. The number of rotatable bonds is 2. The lowest BCUT2D eigenvalue weighted by Crippen LogP contribution is -2.42. The maximum Gasteiger partial charge on any atom is 0.251 e. The third-order valence-corrected chi connectivity index (χ3v) is 4.79. The zero-order valence-corrected chi connectivity index (χ0v) is 11.8. The van der Waals surface area contributed by atoms with Crippen LogP contribution in [0.1, 0.15) is 29.6 Å². The summed E-state index contributed by atoms with van der Waals surface area (Å²) < 4.78 is 0. The average molecular weight is 281 g/mol. The van der Waals surface area contributed by atoms with E-state index in [4.69, 9.17) is 5.73 Å². The van der Waals surface area contributed by atoms with Crippen LogP contribution in [0, 0.1) is 0 Å². The van der Waals surface area contributed by atoms with E-state index in [2.05, 4.69) is 10.6 Å². The minimum Gasteiger partial charge on any atom is -0.398 e. The zero-order chi connectivity index (χ0) is 14.4. The lowest BCUT2D eigenvalue weighted by Gasteiger charge is -2.21. The fraction of sp³-hybridized carbons (Fsp3) is 0.353. The molecule has 0 unspecified atom stereocenters. The fourth-order valence-corrected chi connectivity index (χ4v) is 3.69. The Morgan fingerprint density at radius 1 is 1.24 bits per heavy atom. The molecule has 2 aromatic rings. The van der Waals surface area contributed by atoms with E-state index < -0.39 is 0 Å². The first kappa shape index (κ1) is 12.7. The molecule has 108 valence electrons. The van der Waals surface area contributed by atoms with Gasteiger partial charge in [0.25, 0.3) is 5.91 Å². The van der Waals surface area contributed by atoms with Gasteiger partial charge in [-0.15, -0.1) is 0 Å². The second-order valence-electron chi connectivity index (χ2n) is 6.15. The van der Waals surface area contributed by atoms with E-state index in [1.807, 2.05) is 36.4 Å². The minimum atomic E-state index is 0.0127. The molecule has 0 aromatic heterocycles. The molecule has 4 heteroatoms. The second kappa shape index (κ2) is 4.74. The highest BCUT2D eigenvalue weighted by Crippen LogP contribution is 2.28. The number of carbonyl (C=O) groups excluding carboxylic acids is 1. The molecule has 4 nitrogen and oxygen atoms in total. The van der Waals surface area contributed by atoms with Crippen molar-refractivity contribution in [2.45, 2.75) is 37.4 Å². The molecule has 4 N–H and O–H groups in total. The van der Waals surface area contributed by atoms with E-state index in [-0.39, 0.29) is 11.9 Å². The Bertz CT molecular complexity index is 712. The van der Waals surface area contributed by atoms with Crippen molar-refractivity contribution in [3.05, 3.63) is 42.0 Å². The Morgan fingerprint density at radius 3 is 2.90 bits per heavy atom. The summed E-state index contributed by atoms with van der Waals surface area (Å²) in [6.07, 6.45) is 3.47. The molecule has 2 bridgehead atoms. The van der Waals surface area contributed by atoms with Gasteiger partial charge in [0.1, 0.15) is 0 Å². The van der Waals surface area contributed by atoms with E-state index in [1.54, 1.807) is 0 Å². The van der Waals surface area contributed by atoms with Crippen LogP contribution in [0.5, 0.6) is 0 Å². The van der Waals surface area contributed by atoms with Crippen molar-refractivity contribution >= 4 is 22.4 Å². The number of anilines is 1. The molecule has 2 fully saturated rings. The largest absolute Gasteiger partial charge is 0.398 e. The van der Waals surface area contributed by atoms with Gasteiger partial charge >= 0.3 is 0 Å². The quantitative estimate of drug-likeness (QED) is 0.738. The molecule has 1 amide bonds. The summed E-state index contributed by atoms with van der Waals surface area (Å²) in [7, 11) is 0. The van der Waals surface area contributed by atoms with Gasteiger partial charge in [0.15, 0.2) is 0 Å². The fourth-order valence-electron chi connectivity index (χ4n) is 3.69. The van der Waals surface area contributed by atoms with Crippen LogP contribution in [0.25, 0.3) is 10.8 Å². The first-order valence-corrected chi connectivity index (χ1v) is 7.56. The van der Waals surface area contributed by atoms with Crippen molar-refractivity contribution in [2.24, 2.45) is 0 Å². The highest BCUT2D eigenvalue weighted by atomic mass is 16.1. The molecule has 0 saturated carbocycles. The summed E-state index contributed by atoms with van der Waals surface area (Å²) in [5.74, 6) is 0.0127. The van der Waals surface area contributed by atoms with Crippen LogP contribution in [0.4, 0.5) is 5.69 Å². The molecule has 0 aliphatic carbocycles. The van der Waals surface area contributed by atoms with Gasteiger partial charge in [-0.2, -0.15) is 0 Å². The van der Waals surface area contributed by atoms with Gasteiger partial charge in [-0.05, 0) is 42.8 Å². The van der Waals surface area contributed by atoms with Crippen LogP contribution in [-0.2, 0) is 0 Å². The predicted octanol–water partition coefficient (Wildman–Crippen LogP) is 2.04. The first-order chi connectivity index (χ1) is 10.2. The number of nitrogen functional groups attached to an aromatic ring is 1. The van der Waals surface area contributed by atoms with Crippen molar-refractivity contribution in [3.63, 3.8) is 0 Å². The monoisotopic (exact) mass is 281 g/mol. The molecule has 2 saturated heterocycles. The van der Waals surface area contributed by atoms with Crippen LogP contribution in [-0.4, -0.2) is 24.0 Å². The topological polar surface area (TPSA) is 67.2 Å². The molecular weight excluding hydrogens is 262 g/mol. The van der Waals surface area contributed by atoms with E-state index in [0.717, 1.165) is 22.9 Å². The van der Waals surface area contributed by atoms with E-state index in [1.165, 1.54) is 12.8 Å². The molecule has 2 aliphatic heterocycles. The Labute approximate surface area is 123 Å². The van der Waals surface area contributed by atoms with Gasteiger partial charge in [0.05, 0.1) is 0 Å². The van der Waals surface area contributed by atoms with Crippen LogP contribution >= 0.6 is 0 Å². The molecule has 2 aromatic carbocycles. The highest BCUT2D eigenvalue weighted by molar-refractivity contribution is 6.01. The Hall–Kier alpha value is -2.07. The van der Waals surface area contributed by atoms with Crippen LogP contribution in [0.3, 0.4) is 0 Å². The van der Waals surface area contributed by atoms with Gasteiger partial charge in [0.2, 0.25) is 0 Å². The second-order valence-corrected chi connectivity index (χ2v) is 6.15. The zero-order valence-electron chi connectivity index (χ0n) is 11.8. The van der Waals surface area contributed by atoms with E-state index in [0.29, 0.717) is 17.6 Å². The van der Waals surface area contributed by atoms with Crippen molar-refractivity contribution in [1.82, 2.24) is 10.6 Å². The number of nitrogens with one attached hydrogen (secondary N) is 2. The number of benzene rings is 2. The number of hydrogen-bond acceptors (Lipinski definition) is 3. The summed E-state index contributed by atoms with van der Waals surface area (Å²) in [6.45, 7) is 0. The van der Waals surface area contributed by atoms with Gasteiger partial charge in [-0.25, -0.2) is 0 Å². The third-order valence-electron chi connectivity index (χ3n) is 4.79. The van der Waals surface area contributed by atoms with Crippen molar-refractivity contribution in [3.8, 4) is 0 Å². The van der Waals surface area contributed by atoms with Crippen molar-refractivity contribution in [1.29, 1.82) is 0 Å². The van der Waals surface area contributed by atoms with Gasteiger partial charge in [0, 0.05) is 34.8 Å². The molecule has 4 rings (SSSR count). The number of amides is 1. The van der Waals surface area contributed by atoms with Crippen molar-refractivity contribution < 1.29 is 4.79 Å². The summed E-state index contributed by atoms with van der Waals surface area (Å²) in [4.78, 5) is 12.4. The highest BCUT2D eigenvalue weighted by Gasteiger charge is 2.39. The lowest BCUT2D eigenvalue weighted by atomic mass is 9.95. The van der Waals surface area contributed by atoms with Crippen LogP contribution in [0.15, 0.2) is 36.4 Å². The molecule has 0 spiro atoms. The Balaban J connectivity index is 1.57. The summed E-state index contributed by atoms with van der Waals surface area (Å²) >= 11 is 0. The third kappa shape index (κ3) is 2.16. The number of fused-ring (bicyclic) bond motifs is 3. The van der Waals surface area contributed by atoms with E-state index >= 15 is 0 Å². The molecule has 0 radical (unpaired) electrons. The van der Waals surface area contributed by atoms with Gasteiger partial charge in [-0.3, -0.25) is 4.79 Å². The molecular formula is C17H19N3O.